The quantitative estimate of drug-likeness (QED) is 0.716. The molecule has 2 fully saturated rings. The Hall–Kier alpha value is -1.55. The summed E-state index contributed by atoms with van der Waals surface area (Å²) in [5.74, 6) is 1.41. The molecule has 144 valence electrons. The van der Waals surface area contributed by atoms with Crippen molar-refractivity contribution < 1.29 is 14.3 Å². The maximum absolute atomic E-state index is 13.0. The van der Waals surface area contributed by atoms with Crippen LogP contribution < -0.4 is 10.1 Å². The molecule has 0 saturated heterocycles. The molecule has 1 aromatic rings. The number of hydrogen-bond donors (Lipinski definition) is 1. The minimum Gasteiger partial charge on any atom is -0.490 e. The Morgan fingerprint density at radius 1 is 1.15 bits per heavy atom. The molecule has 0 unspecified atom stereocenters. The number of carbonyl (C=O) groups excluding carboxylic acids is 1. The number of carbonyl (C=O) groups is 1. The highest BCUT2D eigenvalue weighted by atomic mass is 16.5. The Balaban J connectivity index is 1.62. The van der Waals surface area contributed by atoms with Crippen LogP contribution in [0, 0.1) is 5.92 Å². The summed E-state index contributed by atoms with van der Waals surface area (Å²) in [6, 6.07) is 7.78. The van der Waals surface area contributed by atoms with Crippen LogP contribution in [-0.4, -0.2) is 24.2 Å². The summed E-state index contributed by atoms with van der Waals surface area (Å²) in [6.45, 7) is 4.93. The first-order chi connectivity index (χ1) is 12.6. The molecular formula is C22H33NO3. The summed E-state index contributed by atoms with van der Waals surface area (Å²) < 4.78 is 12.1. The van der Waals surface area contributed by atoms with Crippen LogP contribution in [-0.2, 0) is 9.53 Å². The highest BCUT2D eigenvalue weighted by molar-refractivity contribution is 5.97. The molecule has 26 heavy (non-hydrogen) atoms. The van der Waals surface area contributed by atoms with Gasteiger partial charge in [-0.2, -0.15) is 0 Å². The van der Waals surface area contributed by atoms with Gasteiger partial charge in [-0.3, -0.25) is 4.79 Å². The molecule has 1 amide bonds. The SMILES string of the molecule is CCCO[C@]1(C(=O)Nc2ccc(OC3CCCC3)cc2)CCC[C@H](C)C1. The largest absolute Gasteiger partial charge is 0.490 e. The lowest BCUT2D eigenvalue weighted by atomic mass is 9.78. The molecule has 2 saturated carbocycles. The van der Waals surface area contributed by atoms with E-state index in [-0.39, 0.29) is 5.91 Å². The number of amides is 1. The summed E-state index contributed by atoms with van der Waals surface area (Å²) in [5.41, 5.74) is 0.138. The Kier molecular flexibility index (Phi) is 6.58. The zero-order chi connectivity index (χ0) is 18.4. The van der Waals surface area contributed by atoms with Crippen molar-refractivity contribution in [2.24, 2.45) is 5.92 Å². The molecule has 2 atom stereocenters. The molecule has 0 heterocycles. The minimum atomic E-state index is -0.674. The number of nitrogens with one attached hydrogen (secondary N) is 1. The van der Waals surface area contributed by atoms with Gasteiger partial charge in [0.1, 0.15) is 11.4 Å². The van der Waals surface area contributed by atoms with E-state index in [1.54, 1.807) is 0 Å². The summed E-state index contributed by atoms with van der Waals surface area (Å²) in [5, 5.41) is 3.08. The lowest BCUT2D eigenvalue weighted by Gasteiger charge is -2.38. The van der Waals surface area contributed by atoms with E-state index >= 15 is 0 Å². The molecule has 1 N–H and O–H groups in total. The van der Waals surface area contributed by atoms with Gasteiger partial charge < -0.3 is 14.8 Å². The van der Waals surface area contributed by atoms with Crippen molar-refractivity contribution in [3.05, 3.63) is 24.3 Å². The van der Waals surface area contributed by atoms with Crippen LogP contribution in [0.5, 0.6) is 5.75 Å². The molecule has 0 spiro atoms. The second kappa shape index (κ2) is 8.90. The van der Waals surface area contributed by atoms with Gasteiger partial charge >= 0.3 is 0 Å². The van der Waals surface area contributed by atoms with Crippen molar-refractivity contribution in [2.45, 2.75) is 83.3 Å². The van der Waals surface area contributed by atoms with Gasteiger partial charge in [-0.15, -0.1) is 0 Å². The first-order valence-electron chi connectivity index (χ1n) is 10.3. The van der Waals surface area contributed by atoms with Crippen LogP contribution in [0.3, 0.4) is 0 Å². The van der Waals surface area contributed by atoms with E-state index in [1.807, 2.05) is 24.3 Å². The fourth-order valence-electron chi connectivity index (χ4n) is 4.26. The average molecular weight is 360 g/mol. The average Bonchev–Trinajstić information content (AvgIpc) is 3.14. The molecule has 0 aliphatic heterocycles. The predicted octanol–water partition coefficient (Wildman–Crippen LogP) is 5.32. The van der Waals surface area contributed by atoms with E-state index in [0.717, 1.165) is 50.0 Å². The monoisotopic (exact) mass is 359 g/mol. The van der Waals surface area contributed by atoms with Gasteiger partial charge in [-0.25, -0.2) is 0 Å². The summed E-state index contributed by atoms with van der Waals surface area (Å²) >= 11 is 0. The maximum Gasteiger partial charge on any atom is 0.256 e. The zero-order valence-electron chi connectivity index (χ0n) is 16.3. The van der Waals surface area contributed by atoms with Gasteiger partial charge in [0.15, 0.2) is 0 Å². The lowest BCUT2D eigenvalue weighted by molar-refractivity contribution is -0.148. The molecule has 4 nitrogen and oxygen atoms in total. The smallest absolute Gasteiger partial charge is 0.256 e. The van der Waals surface area contributed by atoms with Gasteiger partial charge in [0, 0.05) is 12.3 Å². The standard InChI is InChI=1S/C22H33NO3/c1-3-15-25-22(14-6-7-17(2)16-22)21(24)23-18-10-12-20(13-11-18)26-19-8-4-5-9-19/h10-13,17,19H,3-9,14-16H2,1-2H3,(H,23,24)/t17-,22+/m0/s1. The molecule has 0 bridgehead atoms. The van der Waals surface area contributed by atoms with E-state index in [0.29, 0.717) is 18.6 Å². The van der Waals surface area contributed by atoms with Crippen LogP contribution in [0.2, 0.25) is 0 Å². The number of hydrogen-bond acceptors (Lipinski definition) is 3. The summed E-state index contributed by atoms with van der Waals surface area (Å²) in [6.07, 6.45) is 9.94. The van der Waals surface area contributed by atoms with Crippen LogP contribution in [0.1, 0.15) is 71.6 Å². The second-order valence-corrected chi connectivity index (χ2v) is 8.05. The van der Waals surface area contributed by atoms with E-state index in [4.69, 9.17) is 9.47 Å². The van der Waals surface area contributed by atoms with Crippen molar-refractivity contribution in [2.75, 3.05) is 11.9 Å². The Morgan fingerprint density at radius 3 is 2.54 bits per heavy atom. The van der Waals surface area contributed by atoms with E-state index in [1.165, 1.54) is 19.3 Å². The first kappa shape index (κ1) is 19.2. The number of benzene rings is 1. The van der Waals surface area contributed by atoms with Gasteiger partial charge in [0.2, 0.25) is 0 Å². The highest BCUT2D eigenvalue weighted by Gasteiger charge is 2.42. The fourth-order valence-corrected chi connectivity index (χ4v) is 4.26. The van der Waals surface area contributed by atoms with Crippen molar-refractivity contribution in [1.82, 2.24) is 0 Å². The molecule has 2 aliphatic rings. The number of ether oxygens (including phenoxy) is 2. The Bertz CT molecular complexity index is 580. The van der Waals surface area contributed by atoms with Gasteiger partial charge in [-0.1, -0.05) is 20.3 Å². The van der Waals surface area contributed by atoms with Crippen LogP contribution in [0.25, 0.3) is 0 Å². The Morgan fingerprint density at radius 2 is 1.88 bits per heavy atom. The summed E-state index contributed by atoms with van der Waals surface area (Å²) in [7, 11) is 0. The molecular weight excluding hydrogens is 326 g/mol. The Labute approximate surface area is 157 Å². The lowest BCUT2D eigenvalue weighted by Crippen LogP contribution is -2.48. The third-order valence-electron chi connectivity index (χ3n) is 5.67. The molecule has 0 aromatic heterocycles. The number of anilines is 1. The normalized spacial score (nSPS) is 26.6. The third kappa shape index (κ3) is 4.79. The number of rotatable bonds is 7. The van der Waals surface area contributed by atoms with Crippen molar-refractivity contribution >= 4 is 11.6 Å². The molecule has 0 radical (unpaired) electrons. The summed E-state index contributed by atoms with van der Waals surface area (Å²) in [4.78, 5) is 13.0. The maximum atomic E-state index is 13.0. The van der Waals surface area contributed by atoms with Crippen molar-refractivity contribution in [3.63, 3.8) is 0 Å². The topological polar surface area (TPSA) is 47.6 Å². The van der Waals surface area contributed by atoms with Crippen molar-refractivity contribution in [1.29, 1.82) is 0 Å². The van der Waals surface area contributed by atoms with E-state index in [9.17, 15) is 4.79 Å². The fraction of sp³-hybridized carbons (Fsp3) is 0.682. The van der Waals surface area contributed by atoms with Crippen LogP contribution >= 0.6 is 0 Å². The minimum absolute atomic E-state index is 0.00182. The van der Waals surface area contributed by atoms with Gasteiger partial charge in [0.25, 0.3) is 5.91 Å². The molecule has 1 aromatic carbocycles. The zero-order valence-corrected chi connectivity index (χ0v) is 16.3. The van der Waals surface area contributed by atoms with Gasteiger partial charge in [0.05, 0.1) is 6.10 Å². The third-order valence-corrected chi connectivity index (χ3v) is 5.67. The van der Waals surface area contributed by atoms with E-state index < -0.39 is 5.60 Å². The molecule has 4 heteroatoms. The van der Waals surface area contributed by atoms with Crippen molar-refractivity contribution in [3.8, 4) is 5.75 Å². The predicted molar refractivity (Wildman–Crippen MR) is 105 cm³/mol. The van der Waals surface area contributed by atoms with Crippen LogP contribution in [0.4, 0.5) is 5.69 Å². The second-order valence-electron chi connectivity index (χ2n) is 8.05. The van der Waals surface area contributed by atoms with Crippen LogP contribution in [0.15, 0.2) is 24.3 Å². The molecule has 3 rings (SSSR count). The van der Waals surface area contributed by atoms with Gasteiger partial charge in [-0.05, 0) is 81.5 Å². The highest BCUT2D eigenvalue weighted by Crippen LogP contribution is 2.36. The molecule has 2 aliphatic carbocycles. The first-order valence-corrected chi connectivity index (χ1v) is 10.3. The van der Waals surface area contributed by atoms with E-state index in [2.05, 4.69) is 19.2 Å².